The zero-order valence-electron chi connectivity index (χ0n) is 8.76. The van der Waals surface area contributed by atoms with E-state index in [1.54, 1.807) is 0 Å². The van der Waals surface area contributed by atoms with Gasteiger partial charge in [0.2, 0.25) is 0 Å². The van der Waals surface area contributed by atoms with Crippen LogP contribution in [0.25, 0.3) is 10.9 Å². The number of nitrogens with one attached hydrogen (secondary N) is 1. The quantitative estimate of drug-likeness (QED) is 0.782. The van der Waals surface area contributed by atoms with Gasteiger partial charge in [-0.15, -0.1) is 0 Å². The number of aromatic nitrogens is 1. The van der Waals surface area contributed by atoms with E-state index in [4.69, 9.17) is 0 Å². The van der Waals surface area contributed by atoms with Crippen LogP contribution in [0.2, 0.25) is 0 Å². The van der Waals surface area contributed by atoms with Gasteiger partial charge < -0.3 is 9.72 Å². The van der Waals surface area contributed by atoms with E-state index in [0.717, 1.165) is 6.20 Å². The van der Waals surface area contributed by atoms with Crippen molar-refractivity contribution in [1.82, 2.24) is 4.98 Å². The van der Waals surface area contributed by atoms with Crippen molar-refractivity contribution in [3.63, 3.8) is 0 Å². The van der Waals surface area contributed by atoms with Gasteiger partial charge in [-0.1, -0.05) is 6.07 Å². The van der Waals surface area contributed by atoms with Gasteiger partial charge in [-0.25, -0.2) is 4.79 Å². The summed E-state index contributed by atoms with van der Waals surface area (Å²) in [5.74, 6) is -0.588. The molecule has 17 heavy (non-hydrogen) atoms. The number of rotatable bonds is 1. The van der Waals surface area contributed by atoms with Crippen LogP contribution in [0.3, 0.4) is 0 Å². The molecule has 1 aromatic carbocycles. The summed E-state index contributed by atoms with van der Waals surface area (Å²) in [5.41, 5.74) is -0.292. The fraction of sp³-hybridized carbons (Fsp3) is 0.182. The van der Waals surface area contributed by atoms with Gasteiger partial charge in [0, 0.05) is 17.1 Å². The van der Waals surface area contributed by atoms with Crippen molar-refractivity contribution in [3.8, 4) is 0 Å². The van der Waals surface area contributed by atoms with Crippen LogP contribution in [0.1, 0.15) is 15.9 Å². The molecule has 0 unspecified atom stereocenters. The van der Waals surface area contributed by atoms with Crippen molar-refractivity contribution >= 4 is 16.9 Å². The Morgan fingerprint density at radius 1 is 1.35 bits per heavy atom. The summed E-state index contributed by atoms with van der Waals surface area (Å²) >= 11 is 0. The highest BCUT2D eigenvalue weighted by Gasteiger charge is 2.33. The van der Waals surface area contributed by atoms with E-state index in [9.17, 15) is 18.0 Å². The first-order valence-corrected chi connectivity index (χ1v) is 4.70. The number of hydrogen-bond donors (Lipinski definition) is 1. The van der Waals surface area contributed by atoms with Crippen molar-refractivity contribution in [2.45, 2.75) is 6.18 Å². The van der Waals surface area contributed by atoms with Crippen molar-refractivity contribution in [2.24, 2.45) is 0 Å². The van der Waals surface area contributed by atoms with Crippen molar-refractivity contribution < 1.29 is 22.7 Å². The molecule has 0 radical (unpaired) electrons. The summed E-state index contributed by atoms with van der Waals surface area (Å²) in [7, 11) is 1.21. The minimum Gasteiger partial charge on any atom is -0.465 e. The lowest BCUT2D eigenvalue weighted by Gasteiger charge is -2.04. The first-order chi connectivity index (χ1) is 7.93. The number of carbonyl (C=O) groups excluding carboxylic acids is 1. The summed E-state index contributed by atoms with van der Waals surface area (Å²) in [6.45, 7) is 0. The van der Waals surface area contributed by atoms with Gasteiger partial charge >= 0.3 is 12.1 Å². The van der Waals surface area contributed by atoms with Crippen molar-refractivity contribution in [2.75, 3.05) is 7.11 Å². The number of ether oxygens (including phenoxy) is 1. The molecule has 2 rings (SSSR count). The molecule has 0 aliphatic rings. The molecule has 0 atom stereocenters. The predicted octanol–water partition coefficient (Wildman–Crippen LogP) is 2.97. The zero-order valence-corrected chi connectivity index (χ0v) is 8.76. The van der Waals surface area contributed by atoms with Gasteiger partial charge in [-0.2, -0.15) is 13.2 Å². The van der Waals surface area contributed by atoms with E-state index in [0.29, 0.717) is 0 Å². The van der Waals surface area contributed by atoms with E-state index in [2.05, 4.69) is 9.72 Å². The van der Waals surface area contributed by atoms with Crippen LogP contribution in [0.15, 0.2) is 24.4 Å². The number of hydrogen-bond acceptors (Lipinski definition) is 2. The summed E-state index contributed by atoms with van der Waals surface area (Å²) in [6, 6.07) is 3.88. The van der Waals surface area contributed by atoms with Crippen LogP contribution in [0.5, 0.6) is 0 Å². The monoisotopic (exact) mass is 243 g/mol. The average Bonchev–Trinajstić information content (AvgIpc) is 2.70. The zero-order chi connectivity index (χ0) is 12.6. The molecule has 0 aliphatic heterocycles. The fourth-order valence-corrected chi connectivity index (χ4v) is 1.61. The highest BCUT2D eigenvalue weighted by Crippen LogP contribution is 2.34. The molecular weight excluding hydrogens is 235 g/mol. The molecule has 90 valence electrons. The SMILES string of the molecule is COC(=O)c1ccc2c(C(F)(F)F)c[nH]c2c1. The minimum atomic E-state index is -4.41. The van der Waals surface area contributed by atoms with Gasteiger partial charge in [-0.3, -0.25) is 0 Å². The molecule has 0 amide bonds. The third-order valence-electron chi connectivity index (χ3n) is 2.41. The molecular formula is C11H8F3NO2. The Balaban J connectivity index is 2.56. The largest absolute Gasteiger partial charge is 0.465 e. The van der Waals surface area contributed by atoms with Crippen LogP contribution in [0.4, 0.5) is 13.2 Å². The number of alkyl halides is 3. The highest BCUT2D eigenvalue weighted by atomic mass is 19.4. The number of fused-ring (bicyclic) bond motifs is 1. The van der Waals surface area contributed by atoms with Crippen LogP contribution < -0.4 is 0 Å². The maximum Gasteiger partial charge on any atom is 0.418 e. The lowest BCUT2D eigenvalue weighted by atomic mass is 10.1. The van der Waals surface area contributed by atoms with Crippen LogP contribution in [-0.2, 0) is 10.9 Å². The third-order valence-corrected chi connectivity index (χ3v) is 2.41. The lowest BCUT2D eigenvalue weighted by Crippen LogP contribution is -2.04. The van der Waals surface area contributed by atoms with Gasteiger partial charge in [-0.05, 0) is 12.1 Å². The molecule has 0 aliphatic carbocycles. The second-order valence-electron chi connectivity index (χ2n) is 3.45. The van der Waals surface area contributed by atoms with E-state index in [1.165, 1.54) is 25.3 Å². The first-order valence-electron chi connectivity index (χ1n) is 4.70. The molecule has 2 aromatic rings. The van der Waals surface area contributed by atoms with Crippen LogP contribution >= 0.6 is 0 Å². The smallest absolute Gasteiger partial charge is 0.418 e. The normalized spacial score (nSPS) is 11.8. The number of aromatic amines is 1. The number of halogens is 3. The van der Waals surface area contributed by atoms with E-state index in [1.807, 2.05) is 0 Å². The fourth-order valence-electron chi connectivity index (χ4n) is 1.61. The average molecular weight is 243 g/mol. The molecule has 1 heterocycles. The number of H-pyrrole nitrogens is 1. The maximum absolute atomic E-state index is 12.6. The van der Waals surface area contributed by atoms with Gasteiger partial charge in [0.15, 0.2) is 0 Å². The second-order valence-corrected chi connectivity index (χ2v) is 3.45. The lowest BCUT2D eigenvalue weighted by molar-refractivity contribution is -0.136. The number of benzene rings is 1. The van der Waals surface area contributed by atoms with Gasteiger partial charge in [0.1, 0.15) is 0 Å². The molecule has 0 saturated carbocycles. The first kappa shape index (κ1) is 11.5. The number of methoxy groups -OCH3 is 1. The molecule has 1 N–H and O–H groups in total. The van der Waals surface area contributed by atoms with Crippen LogP contribution in [0, 0.1) is 0 Å². The Bertz CT molecular complexity index is 572. The topological polar surface area (TPSA) is 42.1 Å². The van der Waals surface area contributed by atoms with E-state index >= 15 is 0 Å². The second kappa shape index (κ2) is 3.80. The summed E-state index contributed by atoms with van der Waals surface area (Å²) in [5, 5.41) is 0.0325. The standard InChI is InChI=1S/C11H8F3NO2/c1-17-10(16)6-2-3-7-8(11(12,13)14)5-15-9(7)4-6/h2-5,15H,1H3. The van der Waals surface area contributed by atoms with E-state index < -0.39 is 17.7 Å². The number of carbonyl (C=O) groups is 1. The Labute approximate surface area is 94.2 Å². The Morgan fingerprint density at radius 3 is 2.65 bits per heavy atom. The highest BCUT2D eigenvalue weighted by molar-refractivity contribution is 5.95. The predicted molar refractivity (Wildman–Crippen MR) is 54.6 cm³/mol. The molecule has 1 aromatic heterocycles. The summed E-state index contributed by atoms with van der Waals surface area (Å²) in [6.07, 6.45) is -3.53. The Hall–Kier alpha value is -1.98. The molecule has 6 heteroatoms. The van der Waals surface area contributed by atoms with E-state index in [-0.39, 0.29) is 16.5 Å². The number of esters is 1. The summed E-state index contributed by atoms with van der Waals surface area (Å²) in [4.78, 5) is 13.7. The molecule has 0 spiro atoms. The molecule has 0 saturated heterocycles. The minimum absolute atomic E-state index is 0.0325. The Morgan fingerprint density at radius 2 is 2.06 bits per heavy atom. The molecule has 0 fully saturated rings. The maximum atomic E-state index is 12.6. The third kappa shape index (κ3) is 1.98. The molecule has 0 bridgehead atoms. The van der Waals surface area contributed by atoms with Crippen molar-refractivity contribution in [1.29, 1.82) is 0 Å². The van der Waals surface area contributed by atoms with Gasteiger partial charge in [0.05, 0.1) is 18.2 Å². The Kier molecular flexibility index (Phi) is 2.57. The summed E-state index contributed by atoms with van der Waals surface area (Å²) < 4.78 is 42.2. The van der Waals surface area contributed by atoms with Crippen LogP contribution in [-0.4, -0.2) is 18.1 Å². The molecule has 3 nitrogen and oxygen atoms in total. The van der Waals surface area contributed by atoms with Gasteiger partial charge in [0.25, 0.3) is 0 Å². The van der Waals surface area contributed by atoms with Crippen molar-refractivity contribution in [3.05, 3.63) is 35.5 Å².